The molecule has 0 aliphatic rings. The number of imidazole rings is 1. The van der Waals surface area contributed by atoms with E-state index in [1.165, 1.54) is 0 Å². The Morgan fingerprint density at radius 1 is 1.73 bits per heavy atom. The van der Waals surface area contributed by atoms with Gasteiger partial charge < -0.3 is 9.40 Å². The Hall–Kier alpha value is -1.59. The number of hydrogen-bond acceptors (Lipinski definition) is 4. The minimum Gasteiger partial charge on any atom is -0.336 e. The second-order valence-corrected chi connectivity index (χ2v) is 1.86. The first-order chi connectivity index (χ1) is 5.29. The van der Waals surface area contributed by atoms with Crippen molar-refractivity contribution in [3.05, 3.63) is 28.8 Å². The predicted molar refractivity (Wildman–Crippen MR) is 35.2 cm³/mol. The molecule has 0 aliphatic heterocycles. The Bertz CT molecular complexity index is 221. The molecule has 1 rings (SSSR count). The first-order valence-corrected chi connectivity index (χ1v) is 3.02. The maximum absolute atomic E-state index is 9.69. The topological polar surface area (TPSA) is 70.2 Å². The first-order valence-electron chi connectivity index (χ1n) is 3.02. The summed E-state index contributed by atoms with van der Waals surface area (Å²) in [6.45, 7) is 0.504. The molecule has 11 heavy (non-hydrogen) atoms. The summed E-state index contributed by atoms with van der Waals surface area (Å²) in [5, 5.41) is 8.88. The van der Waals surface area contributed by atoms with Gasteiger partial charge in [-0.3, -0.25) is 0 Å². The molecule has 0 N–H and O–H groups in total. The lowest BCUT2D eigenvalue weighted by Crippen LogP contribution is -2.08. The van der Waals surface area contributed by atoms with Crippen LogP contribution in [0.2, 0.25) is 0 Å². The van der Waals surface area contributed by atoms with Crippen molar-refractivity contribution in [2.75, 3.05) is 6.61 Å². The van der Waals surface area contributed by atoms with E-state index in [0.717, 1.165) is 0 Å². The third-order valence-corrected chi connectivity index (χ3v) is 1.11. The molecule has 0 bridgehead atoms. The lowest BCUT2D eigenvalue weighted by Gasteiger charge is -1.98. The molecule has 0 saturated carbocycles. The van der Waals surface area contributed by atoms with Crippen molar-refractivity contribution in [3.63, 3.8) is 0 Å². The van der Waals surface area contributed by atoms with Crippen molar-refractivity contribution in [3.8, 4) is 0 Å². The van der Waals surface area contributed by atoms with E-state index in [1.807, 2.05) is 0 Å². The molecule has 1 heterocycles. The van der Waals surface area contributed by atoms with E-state index in [9.17, 15) is 10.1 Å². The fourth-order valence-electron chi connectivity index (χ4n) is 0.640. The highest BCUT2D eigenvalue weighted by molar-refractivity contribution is 4.73. The Balaban J connectivity index is 2.19. The molecular formula is C5H7N3O3. The van der Waals surface area contributed by atoms with Gasteiger partial charge in [-0.15, -0.1) is 10.1 Å². The first kappa shape index (κ1) is 7.52. The molecular weight excluding hydrogens is 150 g/mol. The zero-order valence-electron chi connectivity index (χ0n) is 5.71. The normalized spacial score (nSPS) is 9.45. The van der Waals surface area contributed by atoms with Crippen molar-refractivity contribution >= 4 is 0 Å². The summed E-state index contributed by atoms with van der Waals surface area (Å²) >= 11 is 0. The molecule has 0 aliphatic carbocycles. The van der Waals surface area contributed by atoms with Crippen molar-refractivity contribution in [2.45, 2.75) is 6.54 Å². The summed E-state index contributed by atoms with van der Waals surface area (Å²) in [6.07, 6.45) is 4.89. The molecule has 0 aromatic carbocycles. The van der Waals surface area contributed by atoms with E-state index in [0.29, 0.717) is 6.54 Å². The average Bonchev–Trinajstić information content (AvgIpc) is 2.39. The molecule has 0 unspecified atom stereocenters. The Morgan fingerprint density at radius 3 is 3.09 bits per heavy atom. The van der Waals surface area contributed by atoms with Crippen LogP contribution in [0.3, 0.4) is 0 Å². The van der Waals surface area contributed by atoms with Crippen LogP contribution < -0.4 is 0 Å². The predicted octanol–water partition coefficient (Wildman–Crippen LogP) is 0.0914. The SMILES string of the molecule is O=[N+]([O-])OCCn1ccnc1. The van der Waals surface area contributed by atoms with Crippen LogP contribution in [0.4, 0.5) is 0 Å². The lowest BCUT2D eigenvalue weighted by atomic mass is 10.7. The van der Waals surface area contributed by atoms with Gasteiger partial charge in [0.15, 0.2) is 0 Å². The van der Waals surface area contributed by atoms with Crippen molar-refractivity contribution in [2.24, 2.45) is 0 Å². The summed E-state index contributed by atoms with van der Waals surface area (Å²) in [5.74, 6) is 0. The van der Waals surface area contributed by atoms with E-state index < -0.39 is 5.09 Å². The summed E-state index contributed by atoms with van der Waals surface area (Å²) in [7, 11) is 0. The van der Waals surface area contributed by atoms with Gasteiger partial charge >= 0.3 is 0 Å². The van der Waals surface area contributed by atoms with E-state index in [4.69, 9.17) is 0 Å². The summed E-state index contributed by atoms with van der Waals surface area (Å²) in [5.41, 5.74) is 0. The number of rotatable bonds is 4. The highest BCUT2D eigenvalue weighted by atomic mass is 16.9. The Morgan fingerprint density at radius 2 is 2.55 bits per heavy atom. The van der Waals surface area contributed by atoms with E-state index >= 15 is 0 Å². The fourth-order valence-corrected chi connectivity index (χ4v) is 0.640. The maximum atomic E-state index is 9.69. The maximum Gasteiger partial charge on any atom is 0.294 e. The summed E-state index contributed by atoms with van der Waals surface area (Å²) in [4.78, 5) is 17.5. The van der Waals surface area contributed by atoms with Gasteiger partial charge in [-0.25, -0.2) is 4.98 Å². The zero-order chi connectivity index (χ0) is 8.10. The van der Waals surface area contributed by atoms with Gasteiger partial charge in [0.1, 0.15) is 6.61 Å². The molecule has 0 saturated heterocycles. The minimum atomic E-state index is -0.809. The van der Waals surface area contributed by atoms with Crippen molar-refractivity contribution < 1.29 is 9.92 Å². The van der Waals surface area contributed by atoms with Gasteiger partial charge in [0.2, 0.25) is 0 Å². The highest BCUT2D eigenvalue weighted by Gasteiger charge is 1.93. The molecule has 6 heteroatoms. The molecule has 6 nitrogen and oxygen atoms in total. The van der Waals surface area contributed by atoms with Crippen LogP contribution in [-0.2, 0) is 11.4 Å². The second kappa shape index (κ2) is 3.55. The van der Waals surface area contributed by atoms with Crippen LogP contribution in [0.15, 0.2) is 18.7 Å². The van der Waals surface area contributed by atoms with E-state index in [1.54, 1.807) is 23.3 Å². The fraction of sp³-hybridized carbons (Fsp3) is 0.400. The van der Waals surface area contributed by atoms with Crippen molar-refractivity contribution in [1.82, 2.24) is 9.55 Å². The quantitative estimate of drug-likeness (QED) is 0.458. The minimum absolute atomic E-state index is 0.0589. The Labute approximate surface area is 62.5 Å². The van der Waals surface area contributed by atoms with Crippen LogP contribution >= 0.6 is 0 Å². The van der Waals surface area contributed by atoms with Crippen LogP contribution in [0.25, 0.3) is 0 Å². The van der Waals surface area contributed by atoms with Gasteiger partial charge in [-0.1, -0.05) is 0 Å². The molecule has 0 radical (unpaired) electrons. The molecule has 0 atom stereocenters. The van der Waals surface area contributed by atoms with Gasteiger partial charge in [-0.05, 0) is 0 Å². The smallest absolute Gasteiger partial charge is 0.294 e. The lowest BCUT2D eigenvalue weighted by molar-refractivity contribution is -0.758. The van der Waals surface area contributed by atoms with Gasteiger partial charge in [0, 0.05) is 18.9 Å². The summed E-state index contributed by atoms with van der Waals surface area (Å²) in [6, 6.07) is 0. The molecule has 0 fully saturated rings. The monoisotopic (exact) mass is 157 g/mol. The van der Waals surface area contributed by atoms with Gasteiger partial charge in [0.25, 0.3) is 5.09 Å². The molecule has 0 amide bonds. The van der Waals surface area contributed by atoms with Gasteiger partial charge in [0.05, 0.1) is 6.33 Å². The number of hydrogen-bond donors (Lipinski definition) is 0. The van der Waals surface area contributed by atoms with Crippen molar-refractivity contribution in [1.29, 1.82) is 0 Å². The van der Waals surface area contributed by atoms with E-state index in [2.05, 4.69) is 9.82 Å². The standard InChI is InChI=1S/C5H7N3O3/c9-8(10)11-4-3-7-2-1-6-5-7/h1-2,5H,3-4H2. The third kappa shape index (κ3) is 2.65. The van der Waals surface area contributed by atoms with E-state index in [-0.39, 0.29) is 6.61 Å². The molecule has 1 aromatic heterocycles. The van der Waals surface area contributed by atoms with Crippen LogP contribution in [0.1, 0.15) is 0 Å². The average molecular weight is 157 g/mol. The number of aromatic nitrogens is 2. The zero-order valence-corrected chi connectivity index (χ0v) is 5.71. The van der Waals surface area contributed by atoms with Crippen LogP contribution in [-0.4, -0.2) is 21.2 Å². The Kier molecular flexibility index (Phi) is 2.42. The second-order valence-electron chi connectivity index (χ2n) is 1.86. The molecule has 1 aromatic rings. The largest absolute Gasteiger partial charge is 0.336 e. The van der Waals surface area contributed by atoms with Crippen LogP contribution in [0, 0.1) is 10.1 Å². The summed E-state index contributed by atoms with van der Waals surface area (Å²) < 4.78 is 1.70. The van der Waals surface area contributed by atoms with Gasteiger partial charge in [-0.2, -0.15) is 0 Å². The van der Waals surface area contributed by atoms with Crippen LogP contribution in [0.5, 0.6) is 0 Å². The highest BCUT2D eigenvalue weighted by Crippen LogP contribution is 1.85. The third-order valence-electron chi connectivity index (χ3n) is 1.11. The molecule has 0 spiro atoms. The number of nitrogens with zero attached hydrogens (tertiary/aromatic N) is 3. The molecule has 60 valence electrons.